The molecular formula is C14H18BrNO3. The Morgan fingerprint density at radius 2 is 2.05 bits per heavy atom. The summed E-state index contributed by atoms with van der Waals surface area (Å²) in [6, 6.07) is 5.13. The molecule has 0 bridgehead atoms. The van der Waals surface area contributed by atoms with E-state index < -0.39 is 0 Å². The summed E-state index contributed by atoms with van der Waals surface area (Å²) in [7, 11) is 0. The highest BCUT2D eigenvalue weighted by atomic mass is 79.9. The van der Waals surface area contributed by atoms with Crippen LogP contribution in [0.5, 0.6) is 5.75 Å². The van der Waals surface area contributed by atoms with Gasteiger partial charge in [-0.2, -0.15) is 0 Å². The third kappa shape index (κ3) is 5.42. The molecule has 0 aromatic heterocycles. The SMILES string of the molecule is CC(=O)c1cc(Br)ccc1OCC(=O)NCC(C)C. The quantitative estimate of drug-likeness (QED) is 0.817. The van der Waals surface area contributed by atoms with Crippen molar-refractivity contribution >= 4 is 27.6 Å². The molecule has 1 amide bonds. The number of benzene rings is 1. The number of carbonyl (C=O) groups is 2. The normalized spacial score (nSPS) is 10.4. The number of rotatable bonds is 6. The van der Waals surface area contributed by atoms with Crippen LogP contribution < -0.4 is 10.1 Å². The molecule has 0 aliphatic rings. The van der Waals surface area contributed by atoms with Crippen molar-refractivity contribution in [1.29, 1.82) is 0 Å². The average Bonchev–Trinajstić information content (AvgIpc) is 2.34. The second kappa shape index (κ2) is 7.28. The zero-order valence-electron chi connectivity index (χ0n) is 11.3. The minimum Gasteiger partial charge on any atom is -0.483 e. The Balaban J connectivity index is 2.62. The van der Waals surface area contributed by atoms with E-state index in [1.165, 1.54) is 6.92 Å². The van der Waals surface area contributed by atoms with Gasteiger partial charge in [0.15, 0.2) is 12.4 Å². The lowest BCUT2D eigenvalue weighted by atomic mass is 10.1. The monoisotopic (exact) mass is 327 g/mol. The van der Waals surface area contributed by atoms with E-state index in [9.17, 15) is 9.59 Å². The first-order valence-electron chi connectivity index (χ1n) is 6.10. The van der Waals surface area contributed by atoms with Crippen LogP contribution in [0.1, 0.15) is 31.1 Å². The molecule has 1 rings (SSSR count). The predicted molar refractivity (Wildman–Crippen MR) is 77.5 cm³/mol. The van der Waals surface area contributed by atoms with Crippen molar-refractivity contribution < 1.29 is 14.3 Å². The summed E-state index contributed by atoms with van der Waals surface area (Å²) in [4.78, 5) is 23.0. The van der Waals surface area contributed by atoms with E-state index in [0.717, 1.165) is 4.47 Å². The van der Waals surface area contributed by atoms with Crippen molar-refractivity contribution in [2.75, 3.05) is 13.2 Å². The third-order valence-corrected chi connectivity index (χ3v) is 2.88. The largest absolute Gasteiger partial charge is 0.483 e. The Morgan fingerprint density at radius 3 is 2.63 bits per heavy atom. The lowest BCUT2D eigenvalue weighted by Gasteiger charge is -2.11. The molecule has 0 fully saturated rings. The van der Waals surface area contributed by atoms with Crippen molar-refractivity contribution in [3.8, 4) is 5.75 Å². The van der Waals surface area contributed by atoms with Gasteiger partial charge in [0.1, 0.15) is 5.75 Å². The van der Waals surface area contributed by atoms with Gasteiger partial charge < -0.3 is 10.1 Å². The van der Waals surface area contributed by atoms with Gasteiger partial charge in [0.25, 0.3) is 5.91 Å². The molecule has 0 saturated carbocycles. The van der Waals surface area contributed by atoms with E-state index in [-0.39, 0.29) is 18.3 Å². The van der Waals surface area contributed by atoms with Gasteiger partial charge in [-0.05, 0) is 31.0 Å². The van der Waals surface area contributed by atoms with Crippen LogP contribution >= 0.6 is 15.9 Å². The predicted octanol–water partition coefficient (Wildman–Crippen LogP) is 2.80. The van der Waals surface area contributed by atoms with Crippen molar-refractivity contribution in [1.82, 2.24) is 5.32 Å². The van der Waals surface area contributed by atoms with Crippen LogP contribution in [0.4, 0.5) is 0 Å². The van der Waals surface area contributed by atoms with Gasteiger partial charge >= 0.3 is 0 Å². The highest BCUT2D eigenvalue weighted by molar-refractivity contribution is 9.10. The summed E-state index contributed by atoms with van der Waals surface area (Å²) < 4.78 is 6.19. The highest BCUT2D eigenvalue weighted by Gasteiger charge is 2.11. The minimum atomic E-state index is -0.189. The number of hydrogen-bond acceptors (Lipinski definition) is 3. The fraction of sp³-hybridized carbons (Fsp3) is 0.429. The number of amides is 1. The first kappa shape index (κ1) is 15.7. The summed E-state index contributed by atoms with van der Waals surface area (Å²) in [6.07, 6.45) is 0. The first-order valence-corrected chi connectivity index (χ1v) is 6.89. The summed E-state index contributed by atoms with van der Waals surface area (Å²) >= 11 is 3.30. The van der Waals surface area contributed by atoms with E-state index in [1.54, 1.807) is 18.2 Å². The summed E-state index contributed by atoms with van der Waals surface area (Å²) in [5.74, 6) is 0.532. The molecule has 1 aromatic carbocycles. The molecule has 0 radical (unpaired) electrons. The first-order chi connectivity index (χ1) is 8.90. The zero-order valence-corrected chi connectivity index (χ0v) is 12.9. The Morgan fingerprint density at radius 1 is 1.37 bits per heavy atom. The number of ketones is 1. The van der Waals surface area contributed by atoms with E-state index in [4.69, 9.17) is 4.74 Å². The molecule has 0 saturated heterocycles. The topological polar surface area (TPSA) is 55.4 Å². The van der Waals surface area contributed by atoms with E-state index in [0.29, 0.717) is 23.8 Å². The van der Waals surface area contributed by atoms with Gasteiger partial charge in [0.2, 0.25) is 0 Å². The van der Waals surface area contributed by atoms with Gasteiger partial charge in [-0.1, -0.05) is 29.8 Å². The highest BCUT2D eigenvalue weighted by Crippen LogP contribution is 2.23. The summed E-state index contributed by atoms with van der Waals surface area (Å²) in [5.41, 5.74) is 0.464. The number of Topliss-reactive ketones (excluding diaryl/α,β-unsaturated/α-hetero) is 1. The molecular weight excluding hydrogens is 310 g/mol. The van der Waals surface area contributed by atoms with Crippen LogP contribution in [0.15, 0.2) is 22.7 Å². The fourth-order valence-electron chi connectivity index (χ4n) is 1.42. The molecule has 0 atom stereocenters. The number of nitrogens with one attached hydrogen (secondary N) is 1. The van der Waals surface area contributed by atoms with Crippen molar-refractivity contribution in [3.63, 3.8) is 0 Å². The third-order valence-electron chi connectivity index (χ3n) is 2.39. The maximum absolute atomic E-state index is 11.5. The molecule has 0 aliphatic carbocycles. The molecule has 19 heavy (non-hydrogen) atoms. The number of halogens is 1. The maximum Gasteiger partial charge on any atom is 0.257 e. The smallest absolute Gasteiger partial charge is 0.257 e. The Labute approximate surface area is 121 Å². The molecule has 4 nitrogen and oxygen atoms in total. The molecule has 0 aliphatic heterocycles. The number of ether oxygens (including phenoxy) is 1. The molecule has 0 heterocycles. The van der Waals surface area contributed by atoms with E-state index >= 15 is 0 Å². The van der Waals surface area contributed by atoms with Gasteiger partial charge in [-0.15, -0.1) is 0 Å². The van der Waals surface area contributed by atoms with Crippen LogP contribution in [0.25, 0.3) is 0 Å². The fourth-order valence-corrected chi connectivity index (χ4v) is 1.78. The standard InChI is InChI=1S/C14H18BrNO3/c1-9(2)7-16-14(18)8-19-13-5-4-11(15)6-12(13)10(3)17/h4-6,9H,7-8H2,1-3H3,(H,16,18). The van der Waals surface area contributed by atoms with Gasteiger partial charge in [0.05, 0.1) is 5.56 Å². The number of carbonyl (C=O) groups excluding carboxylic acids is 2. The molecule has 104 valence electrons. The maximum atomic E-state index is 11.5. The van der Waals surface area contributed by atoms with Crippen LogP contribution in [0.2, 0.25) is 0 Å². The van der Waals surface area contributed by atoms with Crippen LogP contribution in [-0.2, 0) is 4.79 Å². The molecule has 5 heteroatoms. The minimum absolute atomic E-state index is 0.0887. The van der Waals surface area contributed by atoms with Crippen LogP contribution in [0.3, 0.4) is 0 Å². The second-order valence-corrected chi connectivity index (χ2v) is 5.60. The Bertz CT molecular complexity index is 472. The molecule has 1 N–H and O–H groups in total. The van der Waals surface area contributed by atoms with Crippen molar-refractivity contribution in [3.05, 3.63) is 28.2 Å². The average molecular weight is 328 g/mol. The van der Waals surface area contributed by atoms with Crippen molar-refractivity contribution in [2.45, 2.75) is 20.8 Å². The van der Waals surface area contributed by atoms with E-state index in [2.05, 4.69) is 21.2 Å². The van der Waals surface area contributed by atoms with Crippen LogP contribution in [0, 0.1) is 5.92 Å². The molecule has 0 unspecified atom stereocenters. The summed E-state index contributed by atoms with van der Waals surface area (Å²) in [5, 5.41) is 2.75. The number of hydrogen-bond donors (Lipinski definition) is 1. The lowest BCUT2D eigenvalue weighted by molar-refractivity contribution is -0.123. The molecule has 0 spiro atoms. The van der Waals surface area contributed by atoms with E-state index in [1.807, 2.05) is 13.8 Å². The Hall–Kier alpha value is -1.36. The van der Waals surface area contributed by atoms with Gasteiger partial charge in [-0.3, -0.25) is 9.59 Å². The van der Waals surface area contributed by atoms with Crippen molar-refractivity contribution in [2.24, 2.45) is 5.92 Å². The van der Waals surface area contributed by atoms with Gasteiger partial charge in [-0.25, -0.2) is 0 Å². The molecule has 1 aromatic rings. The lowest BCUT2D eigenvalue weighted by Crippen LogP contribution is -2.31. The summed E-state index contributed by atoms with van der Waals surface area (Å²) in [6.45, 7) is 6.03. The van der Waals surface area contributed by atoms with Crippen LogP contribution in [-0.4, -0.2) is 24.8 Å². The Kier molecular flexibility index (Phi) is 6.02. The van der Waals surface area contributed by atoms with Gasteiger partial charge in [0, 0.05) is 11.0 Å². The second-order valence-electron chi connectivity index (χ2n) is 4.68. The zero-order chi connectivity index (χ0) is 14.4.